The first kappa shape index (κ1) is 14.7. The van der Waals surface area contributed by atoms with Crippen molar-refractivity contribution in [3.8, 4) is 0 Å². The number of benzene rings is 1. The molecule has 1 aliphatic heterocycles. The number of rotatable bonds is 6. The Hall–Kier alpha value is -1.66. The Morgan fingerprint density at radius 2 is 2.35 bits per heavy atom. The standard InChI is InChI=1S/C14H21N3O3/c1-2-6-15-13-8-11(3-4-14(13)17(19)20)9-16-7-5-12(18)10-16/h3-4,8,12,15,18H,2,5-7,9-10H2,1H3. The lowest BCUT2D eigenvalue weighted by Crippen LogP contribution is -2.21. The number of nitrogens with zero attached hydrogens (tertiary/aromatic N) is 2. The van der Waals surface area contributed by atoms with E-state index in [4.69, 9.17) is 0 Å². The zero-order valence-electron chi connectivity index (χ0n) is 11.7. The molecule has 1 heterocycles. The van der Waals surface area contributed by atoms with Gasteiger partial charge in [0.25, 0.3) is 5.69 Å². The molecule has 6 nitrogen and oxygen atoms in total. The van der Waals surface area contributed by atoms with Gasteiger partial charge in [-0.3, -0.25) is 15.0 Å². The number of nitrogens with one attached hydrogen (secondary N) is 1. The molecule has 2 N–H and O–H groups in total. The first-order valence-corrected chi connectivity index (χ1v) is 7.01. The molecule has 0 aromatic heterocycles. The third-order valence-corrected chi connectivity index (χ3v) is 3.48. The number of hydrogen-bond donors (Lipinski definition) is 2. The van der Waals surface area contributed by atoms with Crippen LogP contribution in [0.25, 0.3) is 0 Å². The molecule has 1 fully saturated rings. The molecule has 1 aromatic carbocycles. The zero-order chi connectivity index (χ0) is 14.5. The molecular weight excluding hydrogens is 258 g/mol. The number of anilines is 1. The van der Waals surface area contributed by atoms with Crippen molar-refractivity contribution in [2.24, 2.45) is 0 Å². The number of nitro groups is 1. The Morgan fingerprint density at radius 3 is 2.95 bits per heavy atom. The molecule has 0 saturated carbocycles. The van der Waals surface area contributed by atoms with Gasteiger partial charge in [0.2, 0.25) is 0 Å². The Morgan fingerprint density at radius 1 is 1.55 bits per heavy atom. The van der Waals surface area contributed by atoms with Crippen LogP contribution >= 0.6 is 0 Å². The van der Waals surface area contributed by atoms with Gasteiger partial charge in [0.1, 0.15) is 5.69 Å². The van der Waals surface area contributed by atoms with Gasteiger partial charge in [-0.05, 0) is 24.5 Å². The van der Waals surface area contributed by atoms with Crippen LogP contribution in [0.2, 0.25) is 0 Å². The lowest BCUT2D eigenvalue weighted by molar-refractivity contribution is -0.384. The van der Waals surface area contributed by atoms with Crippen molar-refractivity contribution in [1.82, 2.24) is 4.90 Å². The van der Waals surface area contributed by atoms with Crippen LogP contribution in [-0.4, -0.2) is 40.7 Å². The topological polar surface area (TPSA) is 78.6 Å². The fourth-order valence-electron chi connectivity index (χ4n) is 2.46. The molecule has 1 aliphatic rings. The van der Waals surface area contributed by atoms with Crippen LogP contribution in [0.5, 0.6) is 0 Å². The summed E-state index contributed by atoms with van der Waals surface area (Å²) in [5.74, 6) is 0. The molecule has 6 heteroatoms. The van der Waals surface area contributed by atoms with Gasteiger partial charge < -0.3 is 10.4 Å². The average molecular weight is 279 g/mol. The van der Waals surface area contributed by atoms with Gasteiger partial charge in [0, 0.05) is 32.2 Å². The van der Waals surface area contributed by atoms with Crippen LogP contribution in [0, 0.1) is 10.1 Å². The van der Waals surface area contributed by atoms with E-state index in [1.165, 1.54) is 0 Å². The summed E-state index contributed by atoms with van der Waals surface area (Å²) in [5, 5.41) is 23.6. The summed E-state index contributed by atoms with van der Waals surface area (Å²) in [5.41, 5.74) is 1.72. The highest BCUT2D eigenvalue weighted by atomic mass is 16.6. The van der Waals surface area contributed by atoms with E-state index in [1.54, 1.807) is 12.1 Å². The predicted molar refractivity (Wildman–Crippen MR) is 77.8 cm³/mol. The van der Waals surface area contributed by atoms with Crippen LogP contribution in [0.4, 0.5) is 11.4 Å². The molecule has 2 rings (SSSR count). The van der Waals surface area contributed by atoms with E-state index in [9.17, 15) is 15.2 Å². The summed E-state index contributed by atoms with van der Waals surface area (Å²) < 4.78 is 0. The minimum atomic E-state index is -0.360. The van der Waals surface area contributed by atoms with Crippen molar-refractivity contribution in [3.05, 3.63) is 33.9 Å². The molecule has 1 unspecified atom stereocenters. The first-order chi connectivity index (χ1) is 9.60. The van der Waals surface area contributed by atoms with Crippen molar-refractivity contribution in [1.29, 1.82) is 0 Å². The smallest absolute Gasteiger partial charge is 0.292 e. The van der Waals surface area contributed by atoms with Crippen LogP contribution < -0.4 is 5.32 Å². The van der Waals surface area contributed by atoms with Crippen molar-refractivity contribution in [2.75, 3.05) is 25.0 Å². The van der Waals surface area contributed by atoms with Crippen molar-refractivity contribution >= 4 is 11.4 Å². The van der Waals surface area contributed by atoms with Gasteiger partial charge in [-0.15, -0.1) is 0 Å². The summed E-state index contributed by atoms with van der Waals surface area (Å²) in [7, 11) is 0. The molecular formula is C14H21N3O3. The second kappa shape index (κ2) is 6.67. The third kappa shape index (κ3) is 3.68. The number of nitro benzene ring substituents is 1. The van der Waals surface area contributed by atoms with E-state index in [2.05, 4.69) is 10.2 Å². The number of likely N-dealkylation sites (tertiary alicyclic amines) is 1. The average Bonchev–Trinajstić information content (AvgIpc) is 2.81. The normalized spacial score (nSPS) is 19.2. The molecule has 0 radical (unpaired) electrons. The quantitative estimate of drug-likeness (QED) is 0.615. The number of hydrogen-bond acceptors (Lipinski definition) is 5. The van der Waals surface area contributed by atoms with Crippen LogP contribution in [0.15, 0.2) is 18.2 Å². The fourth-order valence-corrected chi connectivity index (χ4v) is 2.46. The van der Waals surface area contributed by atoms with Gasteiger partial charge >= 0.3 is 0 Å². The molecule has 1 aromatic rings. The van der Waals surface area contributed by atoms with E-state index in [1.807, 2.05) is 13.0 Å². The lowest BCUT2D eigenvalue weighted by Gasteiger charge is -2.16. The third-order valence-electron chi connectivity index (χ3n) is 3.48. The Labute approximate surface area is 118 Å². The van der Waals surface area contributed by atoms with E-state index in [-0.39, 0.29) is 16.7 Å². The van der Waals surface area contributed by atoms with Gasteiger partial charge in [-0.2, -0.15) is 0 Å². The van der Waals surface area contributed by atoms with E-state index in [0.29, 0.717) is 18.8 Å². The zero-order valence-corrected chi connectivity index (χ0v) is 11.7. The van der Waals surface area contributed by atoms with Crippen molar-refractivity contribution in [3.63, 3.8) is 0 Å². The first-order valence-electron chi connectivity index (χ1n) is 7.01. The van der Waals surface area contributed by atoms with Gasteiger partial charge in [-0.25, -0.2) is 0 Å². The van der Waals surface area contributed by atoms with E-state index in [0.717, 1.165) is 31.5 Å². The van der Waals surface area contributed by atoms with E-state index < -0.39 is 0 Å². The van der Waals surface area contributed by atoms with E-state index >= 15 is 0 Å². The van der Waals surface area contributed by atoms with Gasteiger partial charge in [0.05, 0.1) is 11.0 Å². The van der Waals surface area contributed by atoms with Gasteiger partial charge in [-0.1, -0.05) is 13.0 Å². The largest absolute Gasteiger partial charge is 0.392 e. The number of aliphatic hydroxyl groups excluding tert-OH is 1. The molecule has 1 atom stereocenters. The molecule has 0 amide bonds. The summed E-state index contributed by atoms with van der Waals surface area (Å²) in [6.45, 7) is 5.00. The maximum Gasteiger partial charge on any atom is 0.292 e. The molecule has 1 saturated heterocycles. The number of β-amino-alcohol motifs (C(OH)–C–C–N with tert-alkyl or cyclic N) is 1. The Bertz CT molecular complexity index is 479. The maximum atomic E-state index is 11.0. The summed E-state index contributed by atoms with van der Waals surface area (Å²) in [6.07, 6.45) is 1.47. The van der Waals surface area contributed by atoms with Crippen molar-refractivity contribution in [2.45, 2.75) is 32.4 Å². The van der Waals surface area contributed by atoms with Crippen LogP contribution in [0.1, 0.15) is 25.3 Å². The monoisotopic (exact) mass is 279 g/mol. The van der Waals surface area contributed by atoms with Crippen molar-refractivity contribution < 1.29 is 10.0 Å². The van der Waals surface area contributed by atoms with Crippen LogP contribution in [0.3, 0.4) is 0 Å². The lowest BCUT2D eigenvalue weighted by atomic mass is 10.1. The maximum absolute atomic E-state index is 11.0. The summed E-state index contributed by atoms with van der Waals surface area (Å²) in [6, 6.07) is 5.19. The SMILES string of the molecule is CCCNc1cc(CN2CCC(O)C2)ccc1[N+](=O)[O-]. The highest BCUT2D eigenvalue weighted by Gasteiger charge is 2.21. The summed E-state index contributed by atoms with van der Waals surface area (Å²) >= 11 is 0. The fraction of sp³-hybridized carbons (Fsp3) is 0.571. The van der Waals surface area contributed by atoms with Gasteiger partial charge in [0.15, 0.2) is 0 Å². The summed E-state index contributed by atoms with van der Waals surface area (Å²) in [4.78, 5) is 12.8. The molecule has 0 bridgehead atoms. The minimum Gasteiger partial charge on any atom is -0.392 e. The Kier molecular flexibility index (Phi) is 4.92. The Balaban J connectivity index is 2.11. The molecule has 110 valence electrons. The highest BCUT2D eigenvalue weighted by molar-refractivity contribution is 5.62. The molecule has 0 aliphatic carbocycles. The molecule has 20 heavy (non-hydrogen) atoms. The number of aliphatic hydroxyl groups is 1. The second-order valence-corrected chi connectivity index (χ2v) is 5.21. The molecule has 0 spiro atoms. The minimum absolute atomic E-state index is 0.114. The highest BCUT2D eigenvalue weighted by Crippen LogP contribution is 2.26. The second-order valence-electron chi connectivity index (χ2n) is 5.21. The predicted octanol–water partition coefficient (Wildman–Crippen LogP) is 1.98. The van der Waals surface area contributed by atoms with Crippen LogP contribution in [-0.2, 0) is 6.54 Å².